The van der Waals surface area contributed by atoms with Crippen molar-refractivity contribution in [3.05, 3.63) is 64.1 Å². The van der Waals surface area contributed by atoms with Crippen molar-refractivity contribution in [2.24, 2.45) is 4.99 Å². The Hall–Kier alpha value is -2.16. The molecule has 2 aliphatic rings. The highest BCUT2D eigenvalue weighted by Crippen LogP contribution is 2.34. The highest BCUT2D eigenvalue weighted by molar-refractivity contribution is 8.03. The van der Waals surface area contributed by atoms with E-state index in [4.69, 9.17) is 18.9 Å². The predicted molar refractivity (Wildman–Crippen MR) is 126 cm³/mol. The van der Waals surface area contributed by atoms with E-state index in [0.29, 0.717) is 52.8 Å². The van der Waals surface area contributed by atoms with E-state index >= 15 is 0 Å². The molecule has 0 saturated carbocycles. The van der Waals surface area contributed by atoms with Gasteiger partial charge in [-0.3, -0.25) is 9.89 Å². The molecule has 0 aromatic heterocycles. The van der Waals surface area contributed by atoms with Gasteiger partial charge in [-0.1, -0.05) is 18.2 Å². The van der Waals surface area contributed by atoms with Gasteiger partial charge in [0.25, 0.3) is 0 Å². The van der Waals surface area contributed by atoms with E-state index in [9.17, 15) is 0 Å². The second kappa shape index (κ2) is 12.2. The summed E-state index contributed by atoms with van der Waals surface area (Å²) in [4.78, 5) is 7.40. The minimum Gasteiger partial charge on any atom is -0.489 e. The van der Waals surface area contributed by atoms with Gasteiger partial charge in [0.15, 0.2) is 10.7 Å². The number of ether oxygens (including phenoxy) is 4. The summed E-state index contributed by atoms with van der Waals surface area (Å²) in [6.07, 6.45) is 4.37. The molecular formula is C25H31N2O4S+. The first kappa shape index (κ1) is 23.0. The summed E-state index contributed by atoms with van der Waals surface area (Å²) in [5, 5.41) is 3.23. The average molecular weight is 456 g/mol. The van der Waals surface area contributed by atoms with E-state index in [1.165, 1.54) is 20.5 Å². The molecule has 0 bridgehead atoms. The fraction of sp³-hybridized carbons (Fsp3) is 0.400. The van der Waals surface area contributed by atoms with Crippen LogP contribution in [-0.4, -0.2) is 59.3 Å². The van der Waals surface area contributed by atoms with Crippen molar-refractivity contribution < 1.29 is 23.8 Å². The summed E-state index contributed by atoms with van der Waals surface area (Å²) in [6.45, 7) is 7.64. The van der Waals surface area contributed by atoms with Crippen LogP contribution < -0.4 is 20.2 Å². The quantitative estimate of drug-likeness (QED) is 0.747. The maximum atomic E-state index is 6.02. The number of hydrogen-bond donors (Lipinski definition) is 1. The van der Waals surface area contributed by atoms with Gasteiger partial charge < -0.3 is 18.9 Å². The third-order valence-corrected chi connectivity index (χ3v) is 6.42. The molecule has 0 radical (unpaired) electrons. The zero-order chi connectivity index (χ0) is 22.0. The largest absolute Gasteiger partial charge is 0.489 e. The summed E-state index contributed by atoms with van der Waals surface area (Å²) >= 11 is 1.84. The van der Waals surface area contributed by atoms with Gasteiger partial charge in [0.2, 0.25) is 0 Å². The molecule has 1 unspecified atom stereocenters. The van der Waals surface area contributed by atoms with Gasteiger partial charge >= 0.3 is 0 Å². The van der Waals surface area contributed by atoms with Gasteiger partial charge in [0.1, 0.15) is 12.4 Å². The first-order valence-electron chi connectivity index (χ1n) is 11.2. The monoisotopic (exact) mass is 455 g/mol. The van der Waals surface area contributed by atoms with Crippen molar-refractivity contribution in [2.45, 2.75) is 11.8 Å². The number of rotatable bonds is 2. The topological polar surface area (TPSA) is 53.7 Å². The van der Waals surface area contributed by atoms with Crippen molar-refractivity contribution in [1.82, 2.24) is 0 Å². The molecule has 0 amide bonds. The molecule has 2 aliphatic heterocycles. The maximum Gasteiger partial charge on any atom is 0.175 e. The van der Waals surface area contributed by atoms with Gasteiger partial charge in [-0.15, -0.1) is 0 Å². The summed E-state index contributed by atoms with van der Waals surface area (Å²) in [7, 11) is 0. The van der Waals surface area contributed by atoms with Crippen molar-refractivity contribution in [1.29, 1.82) is 0 Å². The Bertz CT molecular complexity index is 1040. The molecule has 0 fully saturated rings. The van der Waals surface area contributed by atoms with Crippen molar-refractivity contribution in [2.75, 3.05) is 59.3 Å². The molecule has 1 atom stereocenters. The molecular weight excluding hydrogens is 424 g/mol. The van der Waals surface area contributed by atoms with E-state index in [0.717, 1.165) is 22.9 Å². The van der Waals surface area contributed by atoms with Gasteiger partial charge in [-0.2, -0.15) is 0 Å². The van der Waals surface area contributed by atoms with E-state index in [2.05, 4.69) is 60.5 Å². The molecule has 2 aromatic carbocycles. The number of hydrogen-bond acceptors (Lipinski definition) is 6. The second-order valence-corrected chi connectivity index (χ2v) is 8.51. The fourth-order valence-corrected chi connectivity index (χ4v) is 4.85. The molecule has 0 spiro atoms. The second-order valence-electron chi connectivity index (χ2n) is 7.42. The Labute approximate surface area is 193 Å². The number of fused-ring (bicyclic) bond motifs is 2. The summed E-state index contributed by atoms with van der Waals surface area (Å²) < 4.78 is 22.6. The first-order chi connectivity index (χ1) is 15.8. The SMILES string of the molecule is CC[NH+]1C(=CC=c2ccc3c(c2)OCCOCCOCCOCCN=3)Sc2ccccc21. The van der Waals surface area contributed by atoms with E-state index in [1.807, 2.05) is 17.8 Å². The number of benzene rings is 2. The lowest BCUT2D eigenvalue weighted by Crippen LogP contribution is -3.03. The van der Waals surface area contributed by atoms with E-state index in [1.54, 1.807) is 0 Å². The van der Waals surface area contributed by atoms with Crippen molar-refractivity contribution in [3.63, 3.8) is 0 Å². The number of thioether (sulfide) groups is 1. The number of nitrogens with zero attached hydrogens (tertiary/aromatic N) is 1. The molecule has 170 valence electrons. The molecule has 2 heterocycles. The van der Waals surface area contributed by atoms with Crippen LogP contribution in [0.2, 0.25) is 0 Å². The van der Waals surface area contributed by atoms with Gasteiger partial charge in [-0.05, 0) is 48.2 Å². The lowest BCUT2D eigenvalue weighted by molar-refractivity contribution is -0.777. The molecule has 7 heteroatoms. The Morgan fingerprint density at radius 1 is 0.906 bits per heavy atom. The van der Waals surface area contributed by atoms with Crippen LogP contribution >= 0.6 is 11.8 Å². The smallest absolute Gasteiger partial charge is 0.175 e. The van der Waals surface area contributed by atoms with Crippen molar-refractivity contribution >= 4 is 23.5 Å². The zero-order valence-corrected chi connectivity index (χ0v) is 19.4. The standard InChI is InChI=1S/C25H30N2O4S/c1-2-27-22-5-3-4-6-24(22)32-25(27)10-8-20-7-9-21-23(19-20)31-18-17-30-16-15-29-14-13-28-12-11-26-21/h3-10,19H,2,11-18H2,1H3/p+1. The molecule has 4 rings (SSSR count). The third-order valence-electron chi connectivity index (χ3n) is 5.24. The number of allylic oxidation sites excluding steroid dienone is 1. The van der Waals surface area contributed by atoms with Gasteiger partial charge in [-0.25, -0.2) is 0 Å². The van der Waals surface area contributed by atoms with Crippen molar-refractivity contribution in [3.8, 4) is 5.75 Å². The fourth-order valence-electron chi connectivity index (χ4n) is 3.65. The van der Waals surface area contributed by atoms with Gasteiger partial charge in [0.05, 0.1) is 63.0 Å². The summed E-state index contributed by atoms with van der Waals surface area (Å²) in [6, 6.07) is 14.8. The number of para-hydroxylation sites is 1. The Kier molecular flexibility index (Phi) is 8.76. The van der Waals surface area contributed by atoms with E-state index < -0.39 is 0 Å². The van der Waals surface area contributed by atoms with E-state index in [-0.39, 0.29) is 0 Å². The molecule has 2 aromatic rings. The highest BCUT2D eigenvalue weighted by atomic mass is 32.2. The predicted octanol–water partition coefficient (Wildman–Crippen LogP) is 1.71. The Morgan fingerprint density at radius 3 is 2.47 bits per heavy atom. The Balaban J connectivity index is 1.55. The third kappa shape index (κ3) is 6.21. The van der Waals surface area contributed by atoms with Crippen LogP contribution in [0.1, 0.15) is 6.92 Å². The van der Waals surface area contributed by atoms with Crippen LogP contribution in [0.25, 0.3) is 6.08 Å². The first-order valence-corrected chi connectivity index (χ1v) is 12.0. The molecule has 6 nitrogen and oxygen atoms in total. The minimum atomic E-state index is 0.475. The molecule has 0 aliphatic carbocycles. The lowest BCUT2D eigenvalue weighted by atomic mass is 10.2. The van der Waals surface area contributed by atoms with Crippen LogP contribution in [0.3, 0.4) is 0 Å². The van der Waals surface area contributed by atoms with Crippen LogP contribution in [0.15, 0.2) is 63.5 Å². The molecule has 1 N–H and O–H groups in total. The summed E-state index contributed by atoms with van der Waals surface area (Å²) in [5.74, 6) is 0.772. The minimum absolute atomic E-state index is 0.475. The lowest BCUT2D eigenvalue weighted by Gasteiger charge is -2.10. The molecule has 32 heavy (non-hydrogen) atoms. The highest BCUT2D eigenvalue weighted by Gasteiger charge is 2.28. The maximum absolute atomic E-state index is 6.02. The Morgan fingerprint density at radius 2 is 1.66 bits per heavy atom. The molecule has 0 saturated heterocycles. The van der Waals surface area contributed by atoms with Crippen LogP contribution in [0.4, 0.5) is 5.69 Å². The number of nitrogens with one attached hydrogen (secondary N) is 1. The zero-order valence-electron chi connectivity index (χ0n) is 18.5. The van der Waals surface area contributed by atoms with Gasteiger partial charge in [0, 0.05) is 12.1 Å². The normalized spacial score (nSPS) is 22.2. The van der Waals surface area contributed by atoms with Crippen LogP contribution in [0.5, 0.6) is 5.75 Å². The average Bonchev–Trinajstić information content (AvgIpc) is 3.18. The van der Waals surface area contributed by atoms with Crippen LogP contribution in [-0.2, 0) is 14.2 Å². The number of quaternary nitrogens is 1. The summed E-state index contributed by atoms with van der Waals surface area (Å²) in [5.41, 5.74) is 1.36. The van der Waals surface area contributed by atoms with Crippen LogP contribution in [0, 0.1) is 0 Å².